The fourth-order valence-electron chi connectivity index (χ4n) is 1.23. The van der Waals surface area contributed by atoms with Gasteiger partial charge in [0.15, 0.2) is 5.82 Å². The molecular formula is C10H13N3S2. The lowest BCUT2D eigenvalue weighted by Gasteiger charge is -2.03. The van der Waals surface area contributed by atoms with Gasteiger partial charge in [0.05, 0.1) is 0 Å². The van der Waals surface area contributed by atoms with Crippen LogP contribution in [0.2, 0.25) is 0 Å². The number of hydrogen-bond donors (Lipinski definition) is 1. The van der Waals surface area contributed by atoms with Crippen LogP contribution in [0.25, 0.3) is 11.4 Å². The van der Waals surface area contributed by atoms with Crippen molar-refractivity contribution in [3.05, 3.63) is 16.3 Å². The molecule has 0 fully saturated rings. The van der Waals surface area contributed by atoms with Crippen LogP contribution in [0, 0.1) is 6.92 Å². The second kappa shape index (κ2) is 4.28. The summed E-state index contributed by atoms with van der Waals surface area (Å²) >= 11 is 3.11. The number of aromatic nitrogens is 2. The quantitative estimate of drug-likeness (QED) is 0.892. The molecule has 0 atom stereocenters. The molecule has 1 N–H and O–H groups in total. The predicted octanol–water partition coefficient (Wildman–Crippen LogP) is 3.40. The highest BCUT2D eigenvalue weighted by Gasteiger charge is 2.09. The van der Waals surface area contributed by atoms with Gasteiger partial charge in [0.1, 0.15) is 0 Å². The van der Waals surface area contributed by atoms with Crippen LogP contribution in [-0.4, -0.2) is 15.4 Å². The highest BCUT2D eigenvalue weighted by molar-refractivity contribution is 7.10. The van der Waals surface area contributed by atoms with Crippen molar-refractivity contribution in [2.45, 2.75) is 26.8 Å². The van der Waals surface area contributed by atoms with Crippen LogP contribution in [0.1, 0.15) is 19.4 Å². The molecule has 2 aromatic heterocycles. The van der Waals surface area contributed by atoms with E-state index in [1.165, 1.54) is 17.1 Å². The molecule has 0 aliphatic rings. The lowest BCUT2D eigenvalue weighted by molar-refractivity contribution is 0.896. The highest BCUT2D eigenvalue weighted by Crippen LogP contribution is 2.26. The number of nitrogens with one attached hydrogen (secondary N) is 1. The van der Waals surface area contributed by atoms with Gasteiger partial charge in [-0.1, -0.05) is 0 Å². The lowest BCUT2D eigenvalue weighted by Crippen LogP contribution is -2.08. The molecule has 0 aliphatic heterocycles. The molecule has 2 heterocycles. The third kappa shape index (κ3) is 2.35. The Morgan fingerprint density at radius 3 is 2.73 bits per heavy atom. The van der Waals surface area contributed by atoms with Gasteiger partial charge in [0.25, 0.3) is 0 Å². The standard InChI is InChI=1S/C10H13N3S2/c1-6(2)11-10-12-9(13-15-10)8-5-14-4-7(8)3/h4-6H,1-3H3,(H,11,12,13). The number of rotatable bonds is 3. The molecule has 0 unspecified atom stereocenters. The van der Waals surface area contributed by atoms with Crippen LogP contribution in [0.4, 0.5) is 5.13 Å². The van der Waals surface area contributed by atoms with Gasteiger partial charge < -0.3 is 5.32 Å². The van der Waals surface area contributed by atoms with E-state index < -0.39 is 0 Å². The molecular weight excluding hydrogens is 226 g/mol. The van der Waals surface area contributed by atoms with Crippen molar-refractivity contribution in [3.63, 3.8) is 0 Å². The van der Waals surface area contributed by atoms with Crippen molar-refractivity contribution in [1.82, 2.24) is 9.36 Å². The van der Waals surface area contributed by atoms with E-state index in [0.717, 1.165) is 16.5 Å². The topological polar surface area (TPSA) is 37.8 Å². The maximum atomic E-state index is 4.46. The number of aryl methyl sites for hydroxylation is 1. The van der Waals surface area contributed by atoms with Crippen LogP contribution in [-0.2, 0) is 0 Å². The Morgan fingerprint density at radius 2 is 2.13 bits per heavy atom. The molecule has 0 aromatic carbocycles. The zero-order valence-corrected chi connectivity index (χ0v) is 10.6. The zero-order chi connectivity index (χ0) is 10.8. The van der Waals surface area contributed by atoms with Crippen molar-refractivity contribution >= 4 is 28.0 Å². The molecule has 0 aliphatic carbocycles. The Balaban J connectivity index is 2.24. The van der Waals surface area contributed by atoms with E-state index in [9.17, 15) is 0 Å². The first kappa shape index (κ1) is 10.6. The van der Waals surface area contributed by atoms with Crippen molar-refractivity contribution in [3.8, 4) is 11.4 Å². The highest BCUT2D eigenvalue weighted by atomic mass is 32.1. The van der Waals surface area contributed by atoms with Crippen LogP contribution in [0.5, 0.6) is 0 Å². The summed E-state index contributed by atoms with van der Waals surface area (Å²) in [6.07, 6.45) is 0. The van der Waals surface area contributed by atoms with Gasteiger partial charge in [-0.15, -0.1) is 0 Å². The molecule has 15 heavy (non-hydrogen) atoms. The van der Waals surface area contributed by atoms with Gasteiger partial charge in [-0.05, 0) is 31.7 Å². The van der Waals surface area contributed by atoms with Gasteiger partial charge in [-0.3, -0.25) is 0 Å². The Kier molecular flexibility index (Phi) is 3.02. The molecule has 2 rings (SSSR count). The lowest BCUT2D eigenvalue weighted by atomic mass is 10.2. The smallest absolute Gasteiger partial charge is 0.203 e. The van der Waals surface area contributed by atoms with Crippen LogP contribution < -0.4 is 5.32 Å². The zero-order valence-electron chi connectivity index (χ0n) is 8.94. The first-order valence-electron chi connectivity index (χ1n) is 4.80. The van der Waals surface area contributed by atoms with E-state index in [1.807, 2.05) is 0 Å². The van der Waals surface area contributed by atoms with Gasteiger partial charge in [0.2, 0.25) is 5.13 Å². The number of nitrogens with zero attached hydrogens (tertiary/aromatic N) is 2. The molecule has 0 bridgehead atoms. The van der Waals surface area contributed by atoms with Crippen molar-refractivity contribution in [1.29, 1.82) is 0 Å². The van der Waals surface area contributed by atoms with E-state index in [4.69, 9.17) is 0 Å². The second-order valence-corrected chi connectivity index (χ2v) is 5.19. The maximum absolute atomic E-state index is 4.46. The van der Waals surface area contributed by atoms with Crippen molar-refractivity contribution < 1.29 is 0 Å². The van der Waals surface area contributed by atoms with Crippen molar-refractivity contribution in [2.75, 3.05) is 5.32 Å². The molecule has 2 aromatic rings. The third-order valence-electron chi connectivity index (χ3n) is 1.93. The molecule has 0 saturated carbocycles. The fourth-order valence-corrected chi connectivity index (χ4v) is 2.78. The summed E-state index contributed by atoms with van der Waals surface area (Å²) < 4.78 is 4.35. The molecule has 0 saturated heterocycles. The molecule has 0 spiro atoms. The third-order valence-corrected chi connectivity index (χ3v) is 3.44. The summed E-state index contributed by atoms with van der Waals surface area (Å²) in [6, 6.07) is 0.398. The fraction of sp³-hybridized carbons (Fsp3) is 0.400. The van der Waals surface area contributed by atoms with Crippen LogP contribution in [0.3, 0.4) is 0 Å². The van der Waals surface area contributed by atoms with Gasteiger partial charge in [-0.2, -0.15) is 20.7 Å². The minimum absolute atomic E-state index is 0.398. The predicted molar refractivity (Wildman–Crippen MR) is 66.7 cm³/mol. The molecule has 3 nitrogen and oxygen atoms in total. The largest absolute Gasteiger partial charge is 0.358 e. The van der Waals surface area contributed by atoms with Crippen LogP contribution >= 0.6 is 22.9 Å². The van der Waals surface area contributed by atoms with E-state index in [2.05, 4.69) is 46.2 Å². The monoisotopic (exact) mass is 239 g/mol. The molecule has 5 heteroatoms. The van der Waals surface area contributed by atoms with E-state index in [1.54, 1.807) is 11.3 Å². The summed E-state index contributed by atoms with van der Waals surface area (Å²) in [5.74, 6) is 0.835. The Labute approximate surface area is 97.4 Å². The summed E-state index contributed by atoms with van der Waals surface area (Å²) in [7, 11) is 0. The summed E-state index contributed by atoms with van der Waals surface area (Å²) in [5, 5.41) is 8.36. The number of thiophene rings is 1. The molecule has 80 valence electrons. The average molecular weight is 239 g/mol. The first-order valence-corrected chi connectivity index (χ1v) is 6.52. The molecule has 0 radical (unpaired) electrons. The SMILES string of the molecule is Cc1cscc1-c1nsc(NC(C)C)n1. The number of hydrogen-bond acceptors (Lipinski definition) is 5. The average Bonchev–Trinajstić information content (AvgIpc) is 2.72. The minimum atomic E-state index is 0.398. The minimum Gasteiger partial charge on any atom is -0.358 e. The normalized spacial score (nSPS) is 10.9. The Bertz CT molecular complexity index is 445. The van der Waals surface area contributed by atoms with E-state index in [0.29, 0.717) is 6.04 Å². The Hall–Kier alpha value is -0.940. The second-order valence-electron chi connectivity index (χ2n) is 3.69. The number of anilines is 1. The maximum Gasteiger partial charge on any atom is 0.203 e. The Morgan fingerprint density at radius 1 is 1.33 bits per heavy atom. The summed E-state index contributed by atoms with van der Waals surface area (Å²) in [4.78, 5) is 4.46. The first-order chi connectivity index (χ1) is 7.16. The van der Waals surface area contributed by atoms with Crippen molar-refractivity contribution in [2.24, 2.45) is 0 Å². The van der Waals surface area contributed by atoms with Crippen LogP contribution in [0.15, 0.2) is 10.8 Å². The van der Waals surface area contributed by atoms with Gasteiger partial charge in [0, 0.05) is 28.5 Å². The van der Waals surface area contributed by atoms with Gasteiger partial charge >= 0.3 is 0 Å². The van der Waals surface area contributed by atoms with Gasteiger partial charge in [-0.25, -0.2) is 0 Å². The summed E-state index contributed by atoms with van der Waals surface area (Å²) in [5.41, 5.74) is 2.39. The van der Waals surface area contributed by atoms with E-state index >= 15 is 0 Å². The summed E-state index contributed by atoms with van der Waals surface area (Å²) in [6.45, 7) is 6.27. The molecule has 0 amide bonds. The van der Waals surface area contributed by atoms with E-state index in [-0.39, 0.29) is 0 Å².